The summed E-state index contributed by atoms with van der Waals surface area (Å²) in [5, 5.41) is 0. The molecule has 0 unspecified atom stereocenters. The molecule has 0 bridgehead atoms. The Morgan fingerprint density at radius 2 is 1.78 bits per heavy atom. The van der Waals surface area contributed by atoms with E-state index in [9.17, 15) is 13.2 Å². The molecule has 0 aliphatic carbocycles. The van der Waals surface area contributed by atoms with Gasteiger partial charge in [-0.3, -0.25) is 0 Å². The highest BCUT2D eigenvalue weighted by Crippen LogP contribution is 2.13. The first-order chi connectivity index (χ1) is 4.18. The third-order valence-electron chi connectivity index (χ3n) is 0.805. The van der Waals surface area contributed by atoms with Crippen molar-refractivity contribution in [2.24, 2.45) is 5.73 Å². The standard InChI is InChI=1S/C5H8F3N/c6-4(5(7)8)2-1-3-9/h1-3,9H2. The molecule has 1 nitrogen and oxygen atoms in total. The van der Waals surface area contributed by atoms with E-state index in [0.717, 1.165) is 0 Å². The van der Waals surface area contributed by atoms with Crippen molar-refractivity contribution in [3.63, 3.8) is 0 Å². The van der Waals surface area contributed by atoms with Gasteiger partial charge in [0.2, 0.25) is 0 Å². The van der Waals surface area contributed by atoms with Gasteiger partial charge < -0.3 is 5.73 Å². The quantitative estimate of drug-likeness (QED) is 0.633. The molecule has 0 saturated carbocycles. The highest BCUT2D eigenvalue weighted by atomic mass is 19.3. The summed E-state index contributed by atoms with van der Waals surface area (Å²) in [6, 6.07) is 0. The van der Waals surface area contributed by atoms with Gasteiger partial charge >= 0.3 is 6.08 Å². The zero-order valence-electron chi connectivity index (χ0n) is 4.83. The van der Waals surface area contributed by atoms with E-state index in [4.69, 9.17) is 5.73 Å². The van der Waals surface area contributed by atoms with Gasteiger partial charge in [0.05, 0.1) is 0 Å². The lowest BCUT2D eigenvalue weighted by molar-refractivity contribution is 0.369. The number of halogens is 3. The Kier molecular flexibility index (Phi) is 4.13. The first kappa shape index (κ1) is 8.49. The number of rotatable bonds is 3. The van der Waals surface area contributed by atoms with Gasteiger partial charge in [0.15, 0.2) is 5.83 Å². The van der Waals surface area contributed by atoms with Crippen LogP contribution in [0.4, 0.5) is 13.2 Å². The summed E-state index contributed by atoms with van der Waals surface area (Å²) >= 11 is 0. The minimum absolute atomic E-state index is 0.237. The molecule has 0 fully saturated rings. The topological polar surface area (TPSA) is 26.0 Å². The summed E-state index contributed by atoms with van der Waals surface area (Å²) in [6.07, 6.45) is -2.22. The molecule has 4 heteroatoms. The maximum Gasteiger partial charge on any atom is 0.301 e. The molecule has 0 atom stereocenters. The predicted molar refractivity (Wildman–Crippen MR) is 28.6 cm³/mol. The Morgan fingerprint density at radius 3 is 2.11 bits per heavy atom. The van der Waals surface area contributed by atoms with Crippen molar-refractivity contribution < 1.29 is 13.2 Å². The Morgan fingerprint density at radius 1 is 1.22 bits per heavy atom. The summed E-state index contributed by atoms with van der Waals surface area (Å²) in [5.74, 6) is -1.35. The maximum absolute atomic E-state index is 11.8. The third kappa shape index (κ3) is 4.02. The van der Waals surface area contributed by atoms with Gasteiger partial charge in [0, 0.05) is 6.42 Å². The maximum atomic E-state index is 11.8. The molecule has 0 heterocycles. The fourth-order valence-electron chi connectivity index (χ4n) is 0.352. The fraction of sp³-hybridized carbons (Fsp3) is 0.600. The predicted octanol–water partition coefficient (Wildman–Crippen LogP) is 1.80. The summed E-state index contributed by atoms with van der Waals surface area (Å²) in [4.78, 5) is 0. The van der Waals surface area contributed by atoms with Crippen LogP contribution in [0.5, 0.6) is 0 Å². The molecule has 0 aromatic carbocycles. The highest BCUT2D eigenvalue weighted by molar-refractivity contribution is 4.90. The Bertz CT molecular complexity index is 107. The van der Waals surface area contributed by atoms with E-state index in [0.29, 0.717) is 0 Å². The van der Waals surface area contributed by atoms with Gasteiger partial charge in [-0.25, -0.2) is 4.39 Å². The molecular formula is C5H8F3N. The largest absolute Gasteiger partial charge is 0.330 e. The molecule has 0 radical (unpaired) electrons. The molecule has 0 amide bonds. The average Bonchev–Trinajstić information content (AvgIpc) is 1.82. The van der Waals surface area contributed by atoms with E-state index in [2.05, 4.69) is 0 Å². The fourth-order valence-corrected chi connectivity index (χ4v) is 0.352. The van der Waals surface area contributed by atoms with Crippen molar-refractivity contribution >= 4 is 0 Å². The summed E-state index contributed by atoms with van der Waals surface area (Å²) in [5.41, 5.74) is 4.94. The molecule has 9 heavy (non-hydrogen) atoms. The average molecular weight is 139 g/mol. The molecular weight excluding hydrogens is 131 g/mol. The van der Waals surface area contributed by atoms with Crippen LogP contribution in [-0.2, 0) is 0 Å². The minimum Gasteiger partial charge on any atom is -0.330 e. The second kappa shape index (κ2) is 4.38. The molecule has 0 saturated heterocycles. The van der Waals surface area contributed by atoms with Crippen LogP contribution in [0.15, 0.2) is 11.9 Å². The molecule has 0 aliphatic rings. The SMILES string of the molecule is NCCCC(F)=C(F)F. The lowest BCUT2D eigenvalue weighted by Gasteiger charge is -1.91. The van der Waals surface area contributed by atoms with Gasteiger partial charge in [-0.05, 0) is 13.0 Å². The minimum atomic E-state index is -2.23. The van der Waals surface area contributed by atoms with Crippen molar-refractivity contribution in [2.45, 2.75) is 12.8 Å². The van der Waals surface area contributed by atoms with E-state index in [1.54, 1.807) is 0 Å². The second-order valence-corrected chi connectivity index (χ2v) is 1.56. The summed E-state index contributed by atoms with van der Waals surface area (Å²) in [6.45, 7) is 0.237. The van der Waals surface area contributed by atoms with Gasteiger partial charge in [-0.1, -0.05) is 0 Å². The van der Waals surface area contributed by atoms with E-state index in [1.165, 1.54) is 0 Å². The molecule has 2 N–H and O–H groups in total. The molecule has 0 rings (SSSR count). The number of hydrogen-bond donors (Lipinski definition) is 1. The zero-order chi connectivity index (χ0) is 7.28. The molecule has 0 aliphatic heterocycles. The highest BCUT2D eigenvalue weighted by Gasteiger charge is 2.02. The normalized spacial score (nSPS) is 9.33. The van der Waals surface area contributed by atoms with Crippen LogP contribution in [0.2, 0.25) is 0 Å². The lowest BCUT2D eigenvalue weighted by atomic mass is 10.3. The summed E-state index contributed by atoms with van der Waals surface area (Å²) in [7, 11) is 0. The van der Waals surface area contributed by atoms with Crippen LogP contribution in [0.1, 0.15) is 12.8 Å². The third-order valence-corrected chi connectivity index (χ3v) is 0.805. The molecule has 0 aromatic rings. The van der Waals surface area contributed by atoms with Gasteiger partial charge in [0.25, 0.3) is 0 Å². The molecule has 54 valence electrons. The van der Waals surface area contributed by atoms with E-state index in [-0.39, 0.29) is 19.4 Å². The number of allylic oxidation sites excluding steroid dienone is 1. The van der Waals surface area contributed by atoms with Gasteiger partial charge in [-0.15, -0.1) is 0 Å². The van der Waals surface area contributed by atoms with Crippen LogP contribution in [0, 0.1) is 0 Å². The van der Waals surface area contributed by atoms with Gasteiger partial charge in [-0.2, -0.15) is 8.78 Å². The van der Waals surface area contributed by atoms with E-state index < -0.39 is 11.9 Å². The first-order valence-corrected chi connectivity index (χ1v) is 2.58. The lowest BCUT2D eigenvalue weighted by Crippen LogP contribution is -1.97. The van der Waals surface area contributed by atoms with E-state index in [1.807, 2.05) is 0 Å². The molecule has 0 aromatic heterocycles. The van der Waals surface area contributed by atoms with Crippen molar-refractivity contribution in [1.82, 2.24) is 0 Å². The molecule has 0 spiro atoms. The smallest absolute Gasteiger partial charge is 0.301 e. The monoisotopic (exact) mass is 139 g/mol. The van der Waals surface area contributed by atoms with Gasteiger partial charge in [0.1, 0.15) is 0 Å². The zero-order valence-corrected chi connectivity index (χ0v) is 4.83. The first-order valence-electron chi connectivity index (χ1n) is 2.58. The Labute approximate surface area is 51.3 Å². The van der Waals surface area contributed by atoms with Crippen molar-refractivity contribution in [1.29, 1.82) is 0 Å². The summed E-state index contributed by atoms with van der Waals surface area (Å²) < 4.78 is 34.2. The van der Waals surface area contributed by atoms with Crippen LogP contribution in [0.25, 0.3) is 0 Å². The van der Waals surface area contributed by atoms with E-state index >= 15 is 0 Å². The number of hydrogen-bond acceptors (Lipinski definition) is 1. The van der Waals surface area contributed by atoms with Crippen LogP contribution >= 0.6 is 0 Å². The van der Waals surface area contributed by atoms with Crippen molar-refractivity contribution in [3.05, 3.63) is 11.9 Å². The Balaban J connectivity index is 3.50. The van der Waals surface area contributed by atoms with Crippen molar-refractivity contribution in [2.75, 3.05) is 6.54 Å². The Hall–Kier alpha value is -0.510. The van der Waals surface area contributed by atoms with Crippen LogP contribution < -0.4 is 5.73 Å². The number of nitrogens with two attached hydrogens (primary N) is 1. The van der Waals surface area contributed by atoms with Crippen LogP contribution in [0.3, 0.4) is 0 Å². The van der Waals surface area contributed by atoms with Crippen molar-refractivity contribution in [3.8, 4) is 0 Å². The second-order valence-electron chi connectivity index (χ2n) is 1.56. The van der Waals surface area contributed by atoms with Crippen LogP contribution in [-0.4, -0.2) is 6.54 Å².